The maximum atomic E-state index is 7.35. The van der Waals surface area contributed by atoms with E-state index < -0.39 is 0 Å². The SMILES string of the molecule is CC(C)(C)c1ccc(Nc2cc3c(cc2-c2c4c5c(c6cc7c(cc6n5-c5cc6c(cc5B4)oc4ccccc46)C(C)(C)CCC7(C)C)c4oc5ccccc5c24)C(C)(C)c2ccccc2-3)cc1. The summed E-state index contributed by atoms with van der Waals surface area (Å²) in [6, 6.07) is 50.2. The van der Waals surface area contributed by atoms with Crippen molar-refractivity contribution in [3.05, 3.63) is 161 Å². The van der Waals surface area contributed by atoms with Crippen LogP contribution in [0.3, 0.4) is 0 Å². The maximum absolute atomic E-state index is 7.35. The summed E-state index contributed by atoms with van der Waals surface area (Å²) in [4.78, 5) is 0. The maximum Gasteiger partial charge on any atom is 0.198 e. The Bertz CT molecular complexity index is 4030. The molecule has 0 saturated carbocycles. The van der Waals surface area contributed by atoms with Gasteiger partial charge in [0.2, 0.25) is 0 Å². The second-order valence-corrected chi connectivity index (χ2v) is 23.2. The number of aromatic nitrogens is 1. The molecule has 4 nitrogen and oxygen atoms in total. The minimum atomic E-state index is -0.209. The van der Waals surface area contributed by atoms with Gasteiger partial charge in [-0.2, -0.15) is 0 Å². The fourth-order valence-electron chi connectivity index (χ4n) is 12.9. The summed E-state index contributed by atoms with van der Waals surface area (Å²) in [7, 11) is 0.733. The third-order valence-corrected chi connectivity index (χ3v) is 16.8. The Morgan fingerprint density at radius 3 is 1.99 bits per heavy atom. The monoisotopic (exact) mass is 882 g/mol. The molecule has 5 heteroatoms. The number of hydrogen-bond acceptors (Lipinski definition) is 3. The number of rotatable bonds is 3. The van der Waals surface area contributed by atoms with Crippen molar-refractivity contribution in [2.45, 2.75) is 96.8 Å². The van der Waals surface area contributed by atoms with E-state index in [-0.39, 0.29) is 21.7 Å². The van der Waals surface area contributed by atoms with Crippen molar-refractivity contribution in [1.82, 2.24) is 4.57 Å². The van der Waals surface area contributed by atoms with Crippen LogP contribution in [-0.4, -0.2) is 11.8 Å². The molecule has 11 aromatic rings. The second kappa shape index (κ2) is 13.2. The van der Waals surface area contributed by atoms with Crippen LogP contribution in [0.15, 0.2) is 142 Å². The molecule has 0 bridgehead atoms. The fourth-order valence-corrected chi connectivity index (χ4v) is 12.9. The quantitative estimate of drug-likeness (QED) is 0.180. The first-order chi connectivity index (χ1) is 32.6. The lowest BCUT2D eigenvalue weighted by Gasteiger charge is -2.42. The summed E-state index contributed by atoms with van der Waals surface area (Å²) < 4.78 is 16.7. The van der Waals surface area contributed by atoms with Gasteiger partial charge in [0, 0.05) is 55.0 Å². The minimum Gasteiger partial charge on any atom is -0.456 e. The molecule has 0 amide bonds. The van der Waals surface area contributed by atoms with E-state index in [4.69, 9.17) is 8.83 Å². The van der Waals surface area contributed by atoms with Crippen LogP contribution >= 0.6 is 0 Å². The molecule has 0 atom stereocenters. The number of benzene rings is 8. The van der Waals surface area contributed by atoms with E-state index in [2.05, 4.69) is 206 Å². The molecule has 3 aliphatic rings. The standard InChI is InChI=1S/C63H55BN2O2/c1-60(2,3)34-22-24-35(25-23-34)65-48-30-39-36-16-10-13-19-43(36)63(8,9)44(39)28-41(48)54-55-38-18-12-15-21-52(38)68-59(55)56-42-29-45-46(62(6,7)27-26-61(45,4)5)32-49(42)66-50-31-40-37-17-11-14-20-51(37)67-53(40)33-47(50)64-57(54)58(56)66/h10-25,28-33,64-65H,26-27H2,1-9H3. The summed E-state index contributed by atoms with van der Waals surface area (Å²) in [6.07, 6.45) is 2.29. The molecule has 4 heterocycles. The van der Waals surface area contributed by atoms with Crippen molar-refractivity contribution in [2.75, 3.05) is 5.32 Å². The molecule has 3 aromatic heterocycles. The van der Waals surface area contributed by atoms with Gasteiger partial charge in [-0.15, -0.1) is 0 Å². The van der Waals surface area contributed by atoms with Gasteiger partial charge in [0.15, 0.2) is 7.28 Å². The molecule has 1 N–H and O–H groups in total. The number of nitrogens with one attached hydrogen (secondary N) is 1. The van der Waals surface area contributed by atoms with Crippen molar-refractivity contribution >= 4 is 95.3 Å². The molecule has 0 spiro atoms. The number of furan rings is 2. The van der Waals surface area contributed by atoms with Gasteiger partial charge in [0.25, 0.3) is 0 Å². The molecule has 2 aliphatic carbocycles. The summed E-state index contributed by atoms with van der Waals surface area (Å²) in [6.45, 7) is 21.4. The molecule has 0 radical (unpaired) electrons. The van der Waals surface area contributed by atoms with E-state index in [0.717, 1.165) is 70.0 Å². The van der Waals surface area contributed by atoms with Crippen LogP contribution in [0, 0.1) is 0 Å². The summed E-state index contributed by atoms with van der Waals surface area (Å²) >= 11 is 0. The topological polar surface area (TPSA) is 43.2 Å². The average molecular weight is 883 g/mol. The lowest BCUT2D eigenvalue weighted by molar-refractivity contribution is 0.332. The van der Waals surface area contributed by atoms with Gasteiger partial charge in [-0.25, -0.2) is 0 Å². The first kappa shape index (κ1) is 40.1. The average Bonchev–Trinajstić information content (AvgIpc) is 4.04. The second-order valence-electron chi connectivity index (χ2n) is 23.2. The molecule has 14 rings (SSSR count). The number of nitrogens with zero attached hydrogens (tertiary/aromatic N) is 1. The predicted octanol–water partition coefficient (Wildman–Crippen LogP) is 15.6. The number of fused-ring (bicyclic) bond motifs is 16. The van der Waals surface area contributed by atoms with E-state index in [1.54, 1.807) is 0 Å². The van der Waals surface area contributed by atoms with Gasteiger partial charge >= 0.3 is 0 Å². The fraction of sp³-hybridized carbons (Fsp3) is 0.238. The Balaban J connectivity index is 1.16. The molecule has 8 aromatic carbocycles. The van der Waals surface area contributed by atoms with E-state index in [1.807, 2.05) is 0 Å². The van der Waals surface area contributed by atoms with Gasteiger partial charge in [-0.3, -0.25) is 0 Å². The zero-order valence-corrected chi connectivity index (χ0v) is 40.6. The van der Waals surface area contributed by atoms with E-state index in [9.17, 15) is 0 Å². The zero-order valence-electron chi connectivity index (χ0n) is 40.6. The van der Waals surface area contributed by atoms with Crippen LogP contribution in [-0.2, 0) is 21.7 Å². The largest absolute Gasteiger partial charge is 0.456 e. The van der Waals surface area contributed by atoms with Gasteiger partial charge in [-0.1, -0.05) is 141 Å². The van der Waals surface area contributed by atoms with Crippen LogP contribution < -0.4 is 16.2 Å². The summed E-state index contributed by atoms with van der Waals surface area (Å²) in [5.74, 6) is 0. The highest BCUT2D eigenvalue weighted by Gasteiger charge is 2.41. The van der Waals surface area contributed by atoms with Crippen LogP contribution in [0.25, 0.3) is 93.6 Å². The molecule has 0 saturated heterocycles. The van der Waals surface area contributed by atoms with Crippen LogP contribution in [0.1, 0.15) is 103 Å². The Morgan fingerprint density at radius 1 is 0.559 bits per heavy atom. The van der Waals surface area contributed by atoms with Gasteiger partial charge < -0.3 is 18.7 Å². The normalized spacial score (nSPS) is 16.4. The minimum absolute atomic E-state index is 0.0289. The third kappa shape index (κ3) is 5.33. The van der Waals surface area contributed by atoms with Gasteiger partial charge in [0.05, 0.1) is 16.4 Å². The lowest BCUT2D eigenvalue weighted by Crippen LogP contribution is -2.37. The Labute approximate surface area is 398 Å². The highest BCUT2D eigenvalue weighted by Crippen LogP contribution is 2.55. The van der Waals surface area contributed by atoms with E-state index >= 15 is 0 Å². The first-order valence-corrected chi connectivity index (χ1v) is 24.7. The van der Waals surface area contributed by atoms with Crippen LogP contribution in [0.4, 0.5) is 11.4 Å². The highest BCUT2D eigenvalue weighted by molar-refractivity contribution is 6.74. The van der Waals surface area contributed by atoms with Crippen molar-refractivity contribution in [2.24, 2.45) is 0 Å². The van der Waals surface area contributed by atoms with Crippen LogP contribution in [0.2, 0.25) is 0 Å². The Kier molecular flexibility index (Phi) is 7.77. The summed E-state index contributed by atoms with van der Waals surface area (Å²) in [5.41, 5.74) is 23.9. The van der Waals surface area contributed by atoms with Crippen molar-refractivity contribution in [3.63, 3.8) is 0 Å². The molecule has 332 valence electrons. The third-order valence-electron chi connectivity index (χ3n) is 16.8. The molecular weight excluding hydrogens is 828 g/mol. The molecular formula is C63H55BN2O2. The van der Waals surface area contributed by atoms with Gasteiger partial charge in [0.1, 0.15) is 22.3 Å². The smallest absolute Gasteiger partial charge is 0.198 e. The molecule has 0 fully saturated rings. The van der Waals surface area contributed by atoms with Crippen molar-refractivity contribution in [3.8, 4) is 27.9 Å². The van der Waals surface area contributed by atoms with E-state index in [1.165, 1.54) is 93.9 Å². The van der Waals surface area contributed by atoms with Crippen molar-refractivity contribution < 1.29 is 8.83 Å². The van der Waals surface area contributed by atoms with Gasteiger partial charge in [-0.05, 0) is 140 Å². The number of anilines is 2. The van der Waals surface area contributed by atoms with Crippen molar-refractivity contribution in [1.29, 1.82) is 0 Å². The molecule has 1 aliphatic heterocycles. The Morgan fingerprint density at radius 2 is 1.24 bits per heavy atom. The number of para-hydroxylation sites is 2. The zero-order chi connectivity index (χ0) is 46.4. The predicted molar refractivity (Wildman–Crippen MR) is 288 cm³/mol. The molecule has 68 heavy (non-hydrogen) atoms. The van der Waals surface area contributed by atoms with E-state index in [0.29, 0.717) is 0 Å². The Hall–Kier alpha value is -6.98. The van der Waals surface area contributed by atoms with Crippen LogP contribution in [0.5, 0.6) is 0 Å². The lowest BCUT2D eigenvalue weighted by atomic mass is 9.58. The summed E-state index contributed by atoms with van der Waals surface area (Å²) in [5, 5.41) is 11.1. The molecule has 0 unspecified atom stereocenters. The highest BCUT2D eigenvalue weighted by atomic mass is 16.3. The first-order valence-electron chi connectivity index (χ1n) is 24.7. The number of hydrogen-bond donors (Lipinski definition) is 1.